The van der Waals surface area contributed by atoms with Crippen molar-refractivity contribution in [1.29, 1.82) is 0 Å². The summed E-state index contributed by atoms with van der Waals surface area (Å²) in [4.78, 5) is 0. The van der Waals surface area contributed by atoms with Gasteiger partial charge in [0.15, 0.2) is 0 Å². The number of nitrogens with one attached hydrogen (secondary N) is 1. The largest absolute Gasteiger partial charge is 0.310 e. The molecule has 0 aromatic heterocycles. The molecule has 3 rings (SSSR count). The van der Waals surface area contributed by atoms with E-state index in [4.69, 9.17) is 0 Å². The van der Waals surface area contributed by atoms with Crippen LogP contribution >= 0.6 is 0 Å². The Morgan fingerprint density at radius 2 is 0.892 bits per heavy atom. The maximum Gasteiger partial charge on any atom is 0.0320 e. The van der Waals surface area contributed by atoms with Gasteiger partial charge in [-0.15, -0.1) is 0 Å². The molecule has 1 nitrogen and oxygen atoms in total. The van der Waals surface area contributed by atoms with E-state index in [0.717, 1.165) is 5.92 Å². The first-order valence-electron chi connectivity index (χ1n) is 17.2. The SMILES string of the molecule is CCCCCCCCCCCCCCCNC1CCC(CCCCCCCCCCC)c2ccc1cc2. The first-order valence-corrected chi connectivity index (χ1v) is 17.2. The van der Waals surface area contributed by atoms with Crippen LogP contribution in [0.15, 0.2) is 24.3 Å². The quantitative estimate of drug-likeness (QED) is 0.129. The first-order chi connectivity index (χ1) is 18.3. The molecule has 0 aliphatic heterocycles. The van der Waals surface area contributed by atoms with Crippen LogP contribution in [-0.2, 0) is 0 Å². The molecule has 0 amide bonds. The van der Waals surface area contributed by atoms with Crippen molar-refractivity contribution >= 4 is 0 Å². The zero-order valence-electron chi connectivity index (χ0n) is 25.3. The molecule has 2 aliphatic carbocycles. The molecule has 2 unspecified atom stereocenters. The van der Waals surface area contributed by atoms with Crippen molar-refractivity contribution in [3.05, 3.63) is 35.4 Å². The van der Waals surface area contributed by atoms with Crippen LogP contribution in [0.25, 0.3) is 0 Å². The standard InChI is InChI=1S/C36H65N/c1-3-5-7-9-11-13-14-15-16-18-20-22-24-32-37-36-31-30-33(34-26-28-35(36)29-27-34)25-23-21-19-17-12-10-8-6-4-2/h26-29,33,36-37H,3-25,30-32H2,1-2H3. The lowest BCUT2D eigenvalue weighted by atomic mass is 9.83. The van der Waals surface area contributed by atoms with Crippen molar-refractivity contribution in [3.63, 3.8) is 0 Å². The molecule has 2 atom stereocenters. The van der Waals surface area contributed by atoms with Gasteiger partial charge in [0, 0.05) is 6.04 Å². The van der Waals surface area contributed by atoms with Crippen LogP contribution < -0.4 is 5.32 Å². The van der Waals surface area contributed by atoms with E-state index in [1.807, 2.05) is 0 Å². The predicted octanol–water partition coefficient (Wildman–Crippen LogP) is 12.2. The lowest BCUT2D eigenvalue weighted by molar-refractivity contribution is 0.422. The van der Waals surface area contributed by atoms with Gasteiger partial charge in [-0.1, -0.05) is 173 Å². The zero-order chi connectivity index (χ0) is 26.2. The van der Waals surface area contributed by atoms with E-state index in [1.54, 1.807) is 5.56 Å². The van der Waals surface area contributed by atoms with Crippen LogP contribution in [0, 0.1) is 0 Å². The maximum atomic E-state index is 3.93. The van der Waals surface area contributed by atoms with Gasteiger partial charge < -0.3 is 5.32 Å². The number of benzene rings is 1. The molecular weight excluding hydrogens is 446 g/mol. The molecular formula is C36H65N. The van der Waals surface area contributed by atoms with Crippen LogP contribution in [0.5, 0.6) is 0 Å². The van der Waals surface area contributed by atoms with Gasteiger partial charge in [0.05, 0.1) is 0 Å². The van der Waals surface area contributed by atoms with Gasteiger partial charge >= 0.3 is 0 Å². The Labute approximate surface area is 233 Å². The Bertz CT molecular complexity index is 606. The summed E-state index contributed by atoms with van der Waals surface area (Å²) in [6.45, 7) is 5.80. The second-order valence-corrected chi connectivity index (χ2v) is 12.3. The van der Waals surface area contributed by atoms with Crippen LogP contribution in [0.1, 0.15) is 197 Å². The summed E-state index contributed by atoms with van der Waals surface area (Å²) in [7, 11) is 0. The van der Waals surface area contributed by atoms with Gasteiger partial charge in [-0.2, -0.15) is 0 Å². The Kier molecular flexibility index (Phi) is 20.2. The fourth-order valence-corrected chi connectivity index (χ4v) is 6.35. The summed E-state index contributed by atoms with van der Waals surface area (Å²) in [6, 6.07) is 10.3. The van der Waals surface area contributed by atoms with E-state index in [9.17, 15) is 0 Å². The Hall–Kier alpha value is -0.820. The highest BCUT2D eigenvalue weighted by Crippen LogP contribution is 2.34. The molecule has 1 aromatic rings. The molecule has 0 heterocycles. The predicted molar refractivity (Wildman–Crippen MR) is 167 cm³/mol. The van der Waals surface area contributed by atoms with Crippen molar-refractivity contribution in [2.24, 2.45) is 0 Å². The molecule has 0 saturated heterocycles. The number of unbranched alkanes of at least 4 members (excludes halogenated alkanes) is 20. The van der Waals surface area contributed by atoms with E-state index in [2.05, 4.69) is 43.4 Å². The maximum absolute atomic E-state index is 3.93. The molecule has 1 heteroatoms. The highest BCUT2D eigenvalue weighted by Gasteiger charge is 2.20. The van der Waals surface area contributed by atoms with Crippen molar-refractivity contribution < 1.29 is 0 Å². The highest BCUT2D eigenvalue weighted by molar-refractivity contribution is 5.29. The van der Waals surface area contributed by atoms with Gasteiger partial charge in [-0.3, -0.25) is 0 Å². The summed E-state index contributed by atoms with van der Waals surface area (Å²) < 4.78 is 0. The summed E-state index contributed by atoms with van der Waals surface area (Å²) >= 11 is 0. The van der Waals surface area contributed by atoms with Gasteiger partial charge in [0.2, 0.25) is 0 Å². The molecule has 0 spiro atoms. The molecule has 1 N–H and O–H groups in total. The Morgan fingerprint density at radius 3 is 1.38 bits per heavy atom. The molecule has 2 aliphatic rings. The molecule has 37 heavy (non-hydrogen) atoms. The fourth-order valence-electron chi connectivity index (χ4n) is 6.35. The third-order valence-electron chi connectivity index (χ3n) is 8.94. The second kappa shape index (κ2) is 23.1. The number of hydrogen-bond acceptors (Lipinski definition) is 1. The van der Waals surface area contributed by atoms with Crippen molar-refractivity contribution in [2.45, 2.75) is 186 Å². The lowest BCUT2D eigenvalue weighted by Gasteiger charge is -2.27. The first kappa shape index (κ1) is 32.4. The minimum absolute atomic E-state index is 0.567. The average Bonchev–Trinajstić information content (AvgIpc) is 2.91. The van der Waals surface area contributed by atoms with Crippen LogP contribution in [0.2, 0.25) is 0 Å². The van der Waals surface area contributed by atoms with E-state index >= 15 is 0 Å². The summed E-state index contributed by atoms with van der Waals surface area (Å²) in [5.41, 5.74) is 3.11. The smallest absolute Gasteiger partial charge is 0.0320 e. The van der Waals surface area contributed by atoms with Crippen molar-refractivity contribution in [3.8, 4) is 0 Å². The summed E-state index contributed by atoms with van der Waals surface area (Å²) in [5, 5.41) is 3.93. The summed E-state index contributed by atoms with van der Waals surface area (Å²) in [5.74, 6) is 0.777. The van der Waals surface area contributed by atoms with E-state index in [1.165, 1.54) is 173 Å². The minimum atomic E-state index is 0.567. The van der Waals surface area contributed by atoms with Gasteiger partial charge in [0.1, 0.15) is 0 Å². The Balaban J connectivity index is 1.48. The second-order valence-electron chi connectivity index (χ2n) is 12.3. The topological polar surface area (TPSA) is 12.0 Å². The number of fused-ring (bicyclic) bond motifs is 5. The molecule has 2 bridgehead atoms. The average molecular weight is 512 g/mol. The third kappa shape index (κ3) is 16.0. The van der Waals surface area contributed by atoms with Crippen molar-refractivity contribution in [2.75, 3.05) is 6.54 Å². The normalized spacial score (nSPS) is 17.2. The van der Waals surface area contributed by atoms with Gasteiger partial charge in [-0.25, -0.2) is 0 Å². The Morgan fingerprint density at radius 1 is 0.486 bits per heavy atom. The molecule has 214 valence electrons. The van der Waals surface area contributed by atoms with Crippen LogP contribution in [-0.4, -0.2) is 6.54 Å². The lowest BCUT2D eigenvalue weighted by Crippen LogP contribution is -2.24. The summed E-state index contributed by atoms with van der Waals surface area (Å²) in [6.07, 6.45) is 35.6. The molecule has 1 aromatic carbocycles. The number of hydrogen-bond donors (Lipinski definition) is 1. The minimum Gasteiger partial charge on any atom is -0.310 e. The monoisotopic (exact) mass is 512 g/mol. The third-order valence-corrected chi connectivity index (χ3v) is 8.94. The fraction of sp³-hybridized carbons (Fsp3) is 0.833. The molecule has 0 saturated carbocycles. The number of rotatable bonds is 25. The highest BCUT2D eigenvalue weighted by atomic mass is 14.9. The zero-order valence-corrected chi connectivity index (χ0v) is 25.3. The van der Waals surface area contributed by atoms with Crippen LogP contribution in [0.3, 0.4) is 0 Å². The van der Waals surface area contributed by atoms with Gasteiger partial charge in [0.25, 0.3) is 0 Å². The van der Waals surface area contributed by atoms with Gasteiger partial charge in [-0.05, 0) is 49.3 Å². The van der Waals surface area contributed by atoms with E-state index in [0.29, 0.717) is 6.04 Å². The van der Waals surface area contributed by atoms with Crippen LogP contribution in [0.4, 0.5) is 0 Å². The van der Waals surface area contributed by atoms with E-state index < -0.39 is 0 Å². The molecule has 0 fully saturated rings. The van der Waals surface area contributed by atoms with Crippen molar-refractivity contribution in [1.82, 2.24) is 5.32 Å². The molecule has 0 radical (unpaired) electrons. The van der Waals surface area contributed by atoms with E-state index in [-0.39, 0.29) is 0 Å².